The van der Waals surface area contributed by atoms with Crippen molar-refractivity contribution in [2.75, 3.05) is 0 Å². The molecule has 0 saturated heterocycles. The van der Waals surface area contributed by atoms with E-state index in [9.17, 15) is 0 Å². The van der Waals surface area contributed by atoms with E-state index in [1.807, 2.05) is 0 Å². The van der Waals surface area contributed by atoms with Gasteiger partial charge in [0.1, 0.15) is 0 Å². The van der Waals surface area contributed by atoms with Crippen LogP contribution in [-0.2, 0) is 0 Å². The fourth-order valence-electron chi connectivity index (χ4n) is 2.84. The second-order valence-corrected chi connectivity index (χ2v) is 7.67. The van der Waals surface area contributed by atoms with Gasteiger partial charge in [-0.1, -0.05) is 13.8 Å². The third-order valence-corrected chi connectivity index (χ3v) is 4.83. The van der Waals surface area contributed by atoms with Crippen LogP contribution in [0.4, 0.5) is 0 Å². The minimum Gasteiger partial charge on any atom is -0.325 e. The zero-order valence-corrected chi connectivity index (χ0v) is 15.4. The molecule has 2 aliphatic carbocycles. The fraction of sp³-hybridized carbons (Fsp3) is 1.00. The van der Waals surface area contributed by atoms with Gasteiger partial charge in [0.15, 0.2) is 0 Å². The molecule has 0 aromatic carbocycles. The van der Waals surface area contributed by atoms with E-state index < -0.39 is 0 Å². The molecular weight excluding hydrogens is 291 g/mol. The van der Waals surface area contributed by atoms with Crippen molar-refractivity contribution >= 4 is 24.8 Å². The van der Waals surface area contributed by atoms with Gasteiger partial charge in [0, 0.05) is 11.1 Å². The van der Waals surface area contributed by atoms with Crippen LogP contribution in [0.1, 0.15) is 79.1 Å². The number of halogens is 2. The number of hydrogen-bond donors (Lipinski definition) is 2. The lowest BCUT2D eigenvalue weighted by atomic mass is 9.79. The molecule has 0 spiro atoms. The summed E-state index contributed by atoms with van der Waals surface area (Å²) < 4.78 is 0. The van der Waals surface area contributed by atoms with Crippen molar-refractivity contribution in [2.45, 2.75) is 90.1 Å². The van der Waals surface area contributed by atoms with Crippen LogP contribution in [-0.4, -0.2) is 11.1 Å². The summed E-state index contributed by atoms with van der Waals surface area (Å²) >= 11 is 0. The van der Waals surface area contributed by atoms with Crippen molar-refractivity contribution in [1.29, 1.82) is 0 Å². The summed E-state index contributed by atoms with van der Waals surface area (Å²) in [6.07, 6.45) is 10.2. The molecule has 0 heterocycles. The van der Waals surface area contributed by atoms with Gasteiger partial charge in [0.05, 0.1) is 0 Å². The Morgan fingerprint density at radius 3 is 1.00 bits per heavy atom. The van der Waals surface area contributed by atoms with E-state index >= 15 is 0 Å². The van der Waals surface area contributed by atoms with E-state index in [0.717, 1.165) is 11.8 Å². The van der Waals surface area contributed by atoms with Crippen LogP contribution in [0.2, 0.25) is 0 Å². The molecule has 0 aromatic heterocycles. The molecule has 4 N–H and O–H groups in total. The van der Waals surface area contributed by atoms with Crippen molar-refractivity contribution in [3.8, 4) is 0 Å². The maximum atomic E-state index is 5.94. The predicted octanol–water partition coefficient (Wildman–Crippen LogP) is 4.67. The molecular formula is C16H36Cl2N2. The Bertz CT molecular complexity index is 209. The van der Waals surface area contributed by atoms with Gasteiger partial charge in [0.2, 0.25) is 0 Å². The average molecular weight is 327 g/mol. The molecule has 2 saturated carbocycles. The van der Waals surface area contributed by atoms with Gasteiger partial charge in [-0.05, 0) is 77.0 Å². The van der Waals surface area contributed by atoms with Crippen LogP contribution in [0, 0.1) is 11.8 Å². The second-order valence-electron chi connectivity index (χ2n) is 7.67. The van der Waals surface area contributed by atoms with Crippen molar-refractivity contribution in [3.63, 3.8) is 0 Å². The zero-order chi connectivity index (χ0) is 13.8. The zero-order valence-electron chi connectivity index (χ0n) is 13.8. The molecule has 2 fully saturated rings. The first kappa shape index (κ1) is 22.8. The van der Waals surface area contributed by atoms with Crippen LogP contribution < -0.4 is 11.5 Å². The summed E-state index contributed by atoms with van der Waals surface area (Å²) in [5, 5.41) is 0. The molecule has 0 aromatic rings. The molecule has 2 aliphatic rings. The van der Waals surface area contributed by atoms with Crippen molar-refractivity contribution in [1.82, 2.24) is 0 Å². The highest BCUT2D eigenvalue weighted by atomic mass is 35.5. The Labute approximate surface area is 138 Å². The molecule has 0 amide bonds. The first-order chi connectivity index (χ1) is 8.20. The van der Waals surface area contributed by atoms with Crippen molar-refractivity contribution in [3.05, 3.63) is 0 Å². The highest BCUT2D eigenvalue weighted by Gasteiger charge is 2.25. The third kappa shape index (κ3) is 9.44. The predicted molar refractivity (Wildman–Crippen MR) is 94.9 cm³/mol. The molecule has 0 bridgehead atoms. The van der Waals surface area contributed by atoms with Gasteiger partial charge >= 0.3 is 0 Å². The molecule has 0 atom stereocenters. The van der Waals surface area contributed by atoms with Crippen molar-refractivity contribution in [2.24, 2.45) is 23.3 Å². The quantitative estimate of drug-likeness (QED) is 0.679. The van der Waals surface area contributed by atoms with E-state index in [4.69, 9.17) is 11.5 Å². The van der Waals surface area contributed by atoms with Gasteiger partial charge in [-0.25, -0.2) is 0 Å². The lowest BCUT2D eigenvalue weighted by Crippen LogP contribution is -2.39. The molecule has 20 heavy (non-hydrogen) atoms. The van der Waals surface area contributed by atoms with Crippen LogP contribution in [0.5, 0.6) is 0 Å². The fourth-order valence-corrected chi connectivity index (χ4v) is 2.84. The topological polar surface area (TPSA) is 52.0 Å². The third-order valence-electron chi connectivity index (χ3n) is 4.83. The van der Waals surface area contributed by atoms with E-state index in [2.05, 4.69) is 27.7 Å². The molecule has 4 heteroatoms. The van der Waals surface area contributed by atoms with Crippen LogP contribution >= 0.6 is 24.8 Å². The van der Waals surface area contributed by atoms with Gasteiger partial charge in [0.25, 0.3) is 0 Å². The van der Waals surface area contributed by atoms with Gasteiger partial charge in [-0.2, -0.15) is 0 Å². The maximum Gasteiger partial charge on any atom is 0.0126 e. The summed E-state index contributed by atoms with van der Waals surface area (Å²) in [5.41, 5.74) is 12.2. The smallest absolute Gasteiger partial charge is 0.0126 e. The minimum atomic E-state index is 0. The summed E-state index contributed by atoms with van der Waals surface area (Å²) in [4.78, 5) is 0. The first-order valence-electron chi connectivity index (χ1n) is 7.78. The minimum absolute atomic E-state index is 0. The highest BCUT2D eigenvalue weighted by Crippen LogP contribution is 2.29. The van der Waals surface area contributed by atoms with Crippen LogP contribution in [0.25, 0.3) is 0 Å². The van der Waals surface area contributed by atoms with E-state index in [0.29, 0.717) is 0 Å². The Morgan fingerprint density at radius 1 is 0.650 bits per heavy atom. The lowest BCUT2D eigenvalue weighted by Gasteiger charge is -2.32. The molecule has 2 nitrogen and oxygen atoms in total. The molecule has 0 aliphatic heterocycles. The lowest BCUT2D eigenvalue weighted by molar-refractivity contribution is 0.264. The Morgan fingerprint density at radius 2 is 0.850 bits per heavy atom. The number of nitrogens with two attached hydrogens (primary N) is 2. The van der Waals surface area contributed by atoms with E-state index in [1.165, 1.54) is 51.4 Å². The Balaban J connectivity index is 0. The van der Waals surface area contributed by atoms with Gasteiger partial charge in [-0.15, -0.1) is 24.8 Å². The standard InChI is InChI=1S/2C8H17N.2ClH/c2*1-7-3-5-8(2,9)6-4-7;;/h2*7H,3-6,9H2,1-2H3;2*1H. The largest absolute Gasteiger partial charge is 0.325 e. The number of rotatable bonds is 0. The van der Waals surface area contributed by atoms with E-state index in [-0.39, 0.29) is 35.9 Å². The average Bonchev–Trinajstić information content (AvgIpc) is 2.28. The Hall–Kier alpha value is 0.500. The molecule has 124 valence electrons. The molecule has 2 rings (SSSR count). The van der Waals surface area contributed by atoms with Gasteiger partial charge < -0.3 is 11.5 Å². The molecule has 0 radical (unpaired) electrons. The summed E-state index contributed by atoms with van der Waals surface area (Å²) in [6, 6.07) is 0. The van der Waals surface area contributed by atoms with Crippen LogP contribution in [0.3, 0.4) is 0 Å². The maximum absolute atomic E-state index is 5.94. The number of hydrogen-bond acceptors (Lipinski definition) is 2. The highest BCUT2D eigenvalue weighted by molar-refractivity contribution is 5.85. The van der Waals surface area contributed by atoms with Crippen LogP contribution in [0.15, 0.2) is 0 Å². The van der Waals surface area contributed by atoms with Crippen molar-refractivity contribution < 1.29 is 0 Å². The van der Waals surface area contributed by atoms with Gasteiger partial charge in [-0.3, -0.25) is 0 Å². The van der Waals surface area contributed by atoms with E-state index in [1.54, 1.807) is 0 Å². The summed E-state index contributed by atoms with van der Waals surface area (Å²) in [5.74, 6) is 1.84. The summed E-state index contributed by atoms with van der Waals surface area (Å²) in [6.45, 7) is 8.96. The monoisotopic (exact) mass is 326 g/mol. The molecule has 0 unspecified atom stereocenters. The normalized spacial score (nSPS) is 40.5. The first-order valence-corrected chi connectivity index (χ1v) is 7.78. The SMILES string of the molecule is CC1CCC(C)(N)CC1.CC1CCC(C)(N)CC1.Cl.Cl. The summed E-state index contributed by atoms with van der Waals surface area (Å²) in [7, 11) is 0. The second kappa shape index (κ2) is 9.50. The Kier molecular flexibility index (Phi) is 10.8.